The van der Waals surface area contributed by atoms with Crippen LogP contribution in [-0.4, -0.2) is 41.0 Å². The van der Waals surface area contributed by atoms with Gasteiger partial charge in [-0.25, -0.2) is 4.98 Å². The Kier molecular flexibility index (Phi) is 6.47. The number of nitrogens with zero attached hydrogens (tertiary/aromatic N) is 2. The minimum Gasteiger partial charge on any atom is -0.353 e. The van der Waals surface area contributed by atoms with Gasteiger partial charge in [0.1, 0.15) is 0 Å². The highest BCUT2D eigenvalue weighted by Gasteiger charge is 2.48. The number of aromatic nitrogens is 1. The SMILES string of the molecule is CCCN(CCCCC(=O)NC1C2CC3CC(C2)CC1C3)C1CCc2ncsc2C1. The molecule has 1 amide bonds. The summed E-state index contributed by atoms with van der Waals surface area (Å²) in [5.74, 6) is 3.85. The van der Waals surface area contributed by atoms with Crippen molar-refractivity contribution in [3.8, 4) is 0 Å². The molecule has 1 N–H and O–H groups in total. The van der Waals surface area contributed by atoms with Crippen LogP contribution in [0.25, 0.3) is 0 Å². The molecule has 4 saturated carbocycles. The molecule has 6 rings (SSSR count). The van der Waals surface area contributed by atoms with Crippen molar-refractivity contribution in [3.05, 3.63) is 16.1 Å². The molecule has 1 unspecified atom stereocenters. The van der Waals surface area contributed by atoms with Gasteiger partial charge in [-0.15, -0.1) is 11.3 Å². The Morgan fingerprint density at radius 2 is 1.90 bits per heavy atom. The average molecular weight is 430 g/mol. The highest BCUT2D eigenvalue weighted by atomic mass is 32.1. The first-order valence-electron chi connectivity index (χ1n) is 12.6. The molecule has 4 bridgehead atoms. The number of amides is 1. The van der Waals surface area contributed by atoms with Crippen LogP contribution in [0.15, 0.2) is 5.51 Å². The van der Waals surface area contributed by atoms with E-state index in [0.717, 1.165) is 49.5 Å². The molecule has 1 aromatic heterocycles. The van der Waals surface area contributed by atoms with E-state index >= 15 is 0 Å². The van der Waals surface area contributed by atoms with Gasteiger partial charge in [0, 0.05) is 23.4 Å². The molecule has 1 heterocycles. The summed E-state index contributed by atoms with van der Waals surface area (Å²) in [5, 5.41) is 3.49. The van der Waals surface area contributed by atoms with Gasteiger partial charge < -0.3 is 10.2 Å². The van der Waals surface area contributed by atoms with Crippen molar-refractivity contribution < 1.29 is 4.79 Å². The van der Waals surface area contributed by atoms with E-state index in [0.29, 0.717) is 24.4 Å². The molecule has 4 nitrogen and oxygen atoms in total. The summed E-state index contributed by atoms with van der Waals surface area (Å²) < 4.78 is 0. The second-order valence-electron chi connectivity index (χ2n) is 10.6. The maximum Gasteiger partial charge on any atom is 0.220 e. The molecule has 4 fully saturated rings. The summed E-state index contributed by atoms with van der Waals surface area (Å²) in [5.41, 5.74) is 3.36. The number of unbranched alkanes of at least 4 members (excludes halogenated alkanes) is 1. The predicted octanol–water partition coefficient (Wildman–Crippen LogP) is 4.82. The monoisotopic (exact) mass is 429 g/mol. The minimum atomic E-state index is 0.321. The first-order valence-corrected chi connectivity index (χ1v) is 13.5. The van der Waals surface area contributed by atoms with Crippen LogP contribution in [0.4, 0.5) is 0 Å². The largest absolute Gasteiger partial charge is 0.353 e. The summed E-state index contributed by atoms with van der Waals surface area (Å²) in [6, 6.07) is 1.16. The molecule has 1 aromatic rings. The lowest BCUT2D eigenvalue weighted by molar-refractivity contribution is -0.125. The summed E-state index contributed by atoms with van der Waals surface area (Å²) >= 11 is 1.83. The van der Waals surface area contributed by atoms with Gasteiger partial charge >= 0.3 is 0 Å². The maximum atomic E-state index is 12.7. The number of hydrogen-bond acceptors (Lipinski definition) is 4. The fraction of sp³-hybridized carbons (Fsp3) is 0.840. The number of carbonyl (C=O) groups is 1. The van der Waals surface area contributed by atoms with E-state index in [1.54, 1.807) is 0 Å². The Labute approximate surface area is 186 Å². The van der Waals surface area contributed by atoms with Gasteiger partial charge in [-0.3, -0.25) is 4.79 Å². The summed E-state index contributed by atoms with van der Waals surface area (Å²) in [4.78, 5) is 21.4. The van der Waals surface area contributed by atoms with E-state index in [4.69, 9.17) is 0 Å². The fourth-order valence-corrected chi connectivity index (χ4v) is 8.26. The van der Waals surface area contributed by atoms with Crippen LogP contribution in [0.3, 0.4) is 0 Å². The zero-order valence-electron chi connectivity index (χ0n) is 18.7. The van der Waals surface area contributed by atoms with Crippen LogP contribution >= 0.6 is 11.3 Å². The van der Waals surface area contributed by atoms with Gasteiger partial charge in [-0.2, -0.15) is 0 Å². The van der Waals surface area contributed by atoms with Crippen LogP contribution in [0.5, 0.6) is 0 Å². The van der Waals surface area contributed by atoms with Gasteiger partial charge in [-0.05, 0) is 107 Å². The number of rotatable bonds is 9. The molecule has 5 heteroatoms. The average Bonchev–Trinajstić information content (AvgIpc) is 3.20. The molecule has 0 aromatic carbocycles. The Bertz CT molecular complexity index is 704. The number of nitrogens with one attached hydrogen (secondary N) is 1. The van der Waals surface area contributed by atoms with Crippen LogP contribution < -0.4 is 5.32 Å². The predicted molar refractivity (Wildman–Crippen MR) is 123 cm³/mol. The lowest BCUT2D eigenvalue weighted by Gasteiger charge is -2.54. The third kappa shape index (κ3) is 4.48. The number of aryl methyl sites for hydroxylation is 1. The van der Waals surface area contributed by atoms with Crippen molar-refractivity contribution in [1.82, 2.24) is 15.2 Å². The second-order valence-corrected chi connectivity index (χ2v) is 11.6. The van der Waals surface area contributed by atoms with Crippen LogP contribution in [0, 0.1) is 23.7 Å². The molecule has 5 aliphatic rings. The molecule has 5 aliphatic carbocycles. The molecule has 166 valence electrons. The van der Waals surface area contributed by atoms with Crippen LogP contribution in [0.2, 0.25) is 0 Å². The quantitative estimate of drug-likeness (QED) is 0.572. The molecular weight excluding hydrogens is 390 g/mol. The van der Waals surface area contributed by atoms with Gasteiger partial charge in [0.15, 0.2) is 0 Å². The first-order chi connectivity index (χ1) is 14.7. The van der Waals surface area contributed by atoms with Gasteiger partial charge in [0.05, 0.1) is 11.2 Å². The van der Waals surface area contributed by atoms with Crippen molar-refractivity contribution in [1.29, 1.82) is 0 Å². The second kappa shape index (κ2) is 9.28. The van der Waals surface area contributed by atoms with Crippen molar-refractivity contribution >= 4 is 17.2 Å². The molecule has 0 spiro atoms. The van der Waals surface area contributed by atoms with Gasteiger partial charge in [0.25, 0.3) is 0 Å². The van der Waals surface area contributed by atoms with E-state index in [2.05, 4.69) is 22.1 Å². The van der Waals surface area contributed by atoms with E-state index < -0.39 is 0 Å². The summed E-state index contributed by atoms with van der Waals surface area (Å²) in [6.07, 6.45) is 14.6. The topological polar surface area (TPSA) is 45.2 Å². The lowest BCUT2D eigenvalue weighted by Crippen LogP contribution is -2.55. The van der Waals surface area contributed by atoms with Gasteiger partial charge in [-0.1, -0.05) is 6.92 Å². The van der Waals surface area contributed by atoms with Crippen molar-refractivity contribution in [2.24, 2.45) is 23.7 Å². The third-order valence-electron chi connectivity index (χ3n) is 8.54. The third-order valence-corrected chi connectivity index (χ3v) is 9.44. The van der Waals surface area contributed by atoms with Crippen molar-refractivity contribution in [2.45, 2.75) is 96.1 Å². The first kappa shape index (κ1) is 20.9. The fourth-order valence-electron chi connectivity index (χ4n) is 7.38. The Balaban J connectivity index is 1.05. The van der Waals surface area contributed by atoms with E-state index in [1.165, 1.54) is 68.5 Å². The minimum absolute atomic E-state index is 0.321. The number of thiazole rings is 1. The highest BCUT2D eigenvalue weighted by molar-refractivity contribution is 7.09. The molecule has 30 heavy (non-hydrogen) atoms. The normalized spacial score (nSPS) is 34.3. The van der Waals surface area contributed by atoms with E-state index in [-0.39, 0.29) is 0 Å². The van der Waals surface area contributed by atoms with Crippen LogP contribution in [-0.2, 0) is 17.6 Å². The molecule has 0 aliphatic heterocycles. The Morgan fingerprint density at radius 1 is 1.13 bits per heavy atom. The zero-order valence-corrected chi connectivity index (χ0v) is 19.5. The smallest absolute Gasteiger partial charge is 0.220 e. The summed E-state index contributed by atoms with van der Waals surface area (Å²) in [6.45, 7) is 4.60. The highest BCUT2D eigenvalue weighted by Crippen LogP contribution is 2.53. The van der Waals surface area contributed by atoms with Crippen molar-refractivity contribution in [2.75, 3.05) is 13.1 Å². The molecular formula is C25H39N3OS. The van der Waals surface area contributed by atoms with Crippen molar-refractivity contribution in [3.63, 3.8) is 0 Å². The number of hydrogen-bond donors (Lipinski definition) is 1. The molecule has 1 atom stereocenters. The molecule has 0 saturated heterocycles. The summed E-state index contributed by atoms with van der Waals surface area (Å²) in [7, 11) is 0. The van der Waals surface area contributed by atoms with Gasteiger partial charge in [0.2, 0.25) is 5.91 Å². The Hall–Kier alpha value is -0.940. The zero-order chi connectivity index (χ0) is 20.5. The standard InChI is InChI=1S/C25H39N3OS/c1-2-8-28(21-6-7-22-23(15-21)30-16-26-22)9-4-3-5-24(29)27-25-19-11-17-10-18(13-19)14-20(25)12-17/h16-21,25H,2-15H2,1H3,(H,27,29). The molecule has 0 radical (unpaired) electrons. The number of fused-ring (bicyclic) bond motifs is 1. The van der Waals surface area contributed by atoms with E-state index in [9.17, 15) is 4.79 Å². The van der Waals surface area contributed by atoms with E-state index in [1.807, 2.05) is 16.8 Å². The maximum absolute atomic E-state index is 12.7. The Morgan fingerprint density at radius 3 is 2.63 bits per heavy atom. The number of carbonyl (C=O) groups excluding carboxylic acids is 1. The lowest BCUT2D eigenvalue weighted by atomic mass is 9.54. The van der Waals surface area contributed by atoms with Crippen LogP contribution in [0.1, 0.15) is 81.7 Å².